The minimum absolute atomic E-state index is 0.291. The van der Waals surface area contributed by atoms with Gasteiger partial charge in [-0.25, -0.2) is 0 Å². The predicted molar refractivity (Wildman–Crippen MR) is 48.4 cm³/mol. The van der Waals surface area contributed by atoms with Gasteiger partial charge in [-0.2, -0.15) is 0 Å². The van der Waals surface area contributed by atoms with Gasteiger partial charge in [-0.15, -0.1) is 0 Å². The van der Waals surface area contributed by atoms with Crippen LogP contribution in [0.25, 0.3) is 0 Å². The van der Waals surface area contributed by atoms with E-state index in [1.165, 1.54) is 0 Å². The Morgan fingerprint density at radius 3 is 1.82 bits per heavy atom. The molecule has 0 aliphatic carbocycles. The van der Waals surface area contributed by atoms with Crippen LogP contribution in [-0.2, 0) is 0 Å². The van der Waals surface area contributed by atoms with E-state index in [1.54, 1.807) is 6.92 Å². The van der Waals surface area contributed by atoms with E-state index in [0.717, 1.165) is 12.8 Å². The molecule has 0 aliphatic rings. The molecule has 0 aromatic rings. The summed E-state index contributed by atoms with van der Waals surface area (Å²) in [5.74, 6) is 0. The van der Waals surface area contributed by atoms with Gasteiger partial charge in [0.15, 0.2) is 0 Å². The van der Waals surface area contributed by atoms with Crippen molar-refractivity contribution in [3.8, 4) is 0 Å². The van der Waals surface area contributed by atoms with E-state index in [1.807, 2.05) is 0 Å². The summed E-state index contributed by atoms with van der Waals surface area (Å²) in [5, 5.41) is 9.56. The molecule has 11 heavy (non-hydrogen) atoms. The molecule has 0 spiro atoms. The maximum atomic E-state index is 9.56. The summed E-state index contributed by atoms with van der Waals surface area (Å²) in [6.07, 6.45) is 1.80. The maximum absolute atomic E-state index is 9.56. The summed E-state index contributed by atoms with van der Waals surface area (Å²) >= 11 is 0. The molecule has 0 fully saturated rings. The number of aliphatic hydroxyl groups is 1. The number of nitrogens with two attached hydrogens (primary N) is 1. The molecule has 0 amide bonds. The molecule has 0 saturated heterocycles. The first-order valence-corrected chi connectivity index (χ1v) is 4.19. The smallest absolute Gasteiger partial charge is 0.0741 e. The van der Waals surface area contributed by atoms with Crippen molar-refractivity contribution in [3.63, 3.8) is 0 Å². The second kappa shape index (κ2) is 3.55. The van der Waals surface area contributed by atoms with Crippen molar-refractivity contribution < 1.29 is 5.11 Å². The first-order chi connectivity index (χ1) is 4.77. The van der Waals surface area contributed by atoms with Gasteiger partial charge < -0.3 is 10.8 Å². The molecule has 0 radical (unpaired) electrons. The Labute approximate surface area is 69.8 Å². The van der Waals surface area contributed by atoms with Crippen molar-refractivity contribution in [3.05, 3.63) is 0 Å². The molecule has 0 aromatic heterocycles. The van der Waals surface area contributed by atoms with E-state index < -0.39 is 5.60 Å². The van der Waals surface area contributed by atoms with Gasteiger partial charge in [0.2, 0.25) is 0 Å². The fraction of sp³-hybridized carbons (Fsp3) is 1.00. The minimum atomic E-state index is -0.673. The highest BCUT2D eigenvalue weighted by Crippen LogP contribution is 2.24. The van der Waals surface area contributed by atoms with Crippen LogP contribution in [0.4, 0.5) is 0 Å². The third-order valence-corrected chi connectivity index (χ3v) is 1.85. The highest BCUT2D eigenvalue weighted by Gasteiger charge is 2.21. The zero-order chi connectivity index (χ0) is 9.12. The minimum Gasteiger partial charge on any atom is -0.389 e. The van der Waals surface area contributed by atoms with Crippen LogP contribution in [0.1, 0.15) is 40.5 Å². The van der Waals surface area contributed by atoms with E-state index in [4.69, 9.17) is 5.73 Å². The van der Waals surface area contributed by atoms with Gasteiger partial charge >= 0.3 is 0 Å². The van der Waals surface area contributed by atoms with E-state index in [0.29, 0.717) is 12.0 Å². The van der Waals surface area contributed by atoms with Crippen LogP contribution in [0.3, 0.4) is 0 Å². The van der Waals surface area contributed by atoms with Gasteiger partial charge in [-0.1, -0.05) is 20.8 Å². The second-order valence-electron chi connectivity index (χ2n) is 4.76. The van der Waals surface area contributed by atoms with Gasteiger partial charge in [0.05, 0.1) is 5.60 Å². The second-order valence-corrected chi connectivity index (χ2v) is 4.76. The standard InChI is InChI=1S/C9H21NO/c1-8(2,3)5-6-9(4,11)7-10/h11H,5-7,10H2,1-4H3. The molecule has 2 nitrogen and oxygen atoms in total. The van der Waals surface area contributed by atoms with Gasteiger partial charge in [-0.3, -0.25) is 0 Å². The molecule has 0 aliphatic heterocycles. The molecule has 0 bridgehead atoms. The summed E-state index contributed by atoms with van der Waals surface area (Å²) < 4.78 is 0. The van der Waals surface area contributed by atoms with Crippen molar-refractivity contribution >= 4 is 0 Å². The van der Waals surface area contributed by atoms with Crippen molar-refractivity contribution in [2.45, 2.75) is 46.1 Å². The van der Waals surface area contributed by atoms with Crippen LogP contribution < -0.4 is 5.73 Å². The van der Waals surface area contributed by atoms with Gasteiger partial charge in [-0.05, 0) is 25.2 Å². The maximum Gasteiger partial charge on any atom is 0.0741 e. The van der Waals surface area contributed by atoms with Crippen LogP contribution in [0.15, 0.2) is 0 Å². The molecular weight excluding hydrogens is 138 g/mol. The zero-order valence-corrected chi connectivity index (χ0v) is 8.15. The molecular formula is C9H21NO. The normalized spacial score (nSPS) is 18.0. The molecule has 0 heterocycles. The van der Waals surface area contributed by atoms with E-state index in [9.17, 15) is 5.11 Å². The zero-order valence-electron chi connectivity index (χ0n) is 8.15. The Morgan fingerprint density at radius 2 is 1.55 bits per heavy atom. The first kappa shape index (κ1) is 10.9. The quantitative estimate of drug-likeness (QED) is 0.656. The largest absolute Gasteiger partial charge is 0.389 e. The molecule has 0 saturated carbocycles. The number of rotatable bonds is 3. The molecule has 0 rings (SSSR count). The van der Waals surface area contributed by atoms with Crippen LogP contribution in [-0.4, -0.2) is 17.3 Å². The number of hydrogen-bond donors (Lipinski definition) is 2. The fourth-order valence-corrected chi connectivity index (χ4v) is 0.746. The Hall–Kier alpha value is -0.0800. The third kappa shape index (κ3) is 6.32. The Kier molecular flexibility index (Phi) is 3.52. The molecule has 2 heteroatoms. The lowest BCUT2D eigenvalue weighted by molar-refractivity contribution is 0.0479. The van der Waals surface area contributed by atoms with Crippen molar-refractivity contribution in [1.29, 1.82) is 0 Å². The fourth-order valence-electron chi connectivity index (χ4n) is 0.746. The average Bonchev–Trinajstić information content (AvgIpc) is 1.83. The summed E-state index contributed by atoms with van der Waals surface area (Å²) in [5.41, 5.74) is 5.00. The topological polar surface area (TPSA) is 46.2 Å². The SMILES string of the molecule is CC(C)(C)CCC(C)(O)CN. The Balaban J connectivity index is 3.70. The third-order valence-electron chi connectivity index (χ3n) is 1.85. The van der Waals surface area contributed by atoms with Crippen LogP contribution in [0, 0.1) is 5.41 Å². The molecule has 0 aromatic carbocycles. The summed E-state index contributed by atoms with van der Waals surface area (Å²) in [6, 6.07) is 0. The van der Waals surface area contributed by atoms with Gasteiger partial charge in [0.25, 0.3) is 0 Å². The first-order valence-electron chi connectivity index (χ1n) is 4.19. The highest BCUT2D eigenvalue weighted by atomic mass is 16.3. The van der Waals surface area contributed by atoms with Gasteiger partial charge in [0.1, 0.15) is 0 Å². The lowest BCUT2D eigenvalue weighted by Gasteiger charge is -2.26. The van der Waals surface area contributed by atoms with E-state index in [-0.39, 0.29) is 0 Å². The summed E-state index contributed by atoms with van der Waals surface area (Å²) in [4.78, 5) is 0. The van der Waals surface area contributed by atoms with Crippen molar-refractivity contribution in [1.82, 2.24) is 0 Å². The van der Waals surface area contributed by atoms with Crippen molar-refractivity contribution in [2.75, 3.05) is 6.54 Å². The van der Waals surface area contributed by atoms with E-state index >= 15 is 0 Å². The molecule has 1 unspecified atom stereocenters. The monoisotopic (exact) mass is 159 g/mol. The predicted octanol–water partition coefficient (Wildman–Crippen LogP) is 1.52. The van der Waals surface area contributed by atoms with Crippen LogP contribution >= 0.6 is 0 Å². The average molecular weight is 159 g/mol. The molecule has 3 N–H and O–H groups in total. The lowest BCUT2D eigenvalue weighted by Crippen LogP contribution is -2.35. The van der Waals surface area contributed by atoms with Crippen molar-refractivity contribution in [2.24, 2.45) is 11.1 Å². The number of hydrogen-bond acceptors (Lipinski definition) is 2. The molecule has 1 atom stereocenters. The Morgan fingerprint density at radius 1 is 1.09 bits per heavy atom. The van der Waals surface area contributed by atoms with Crippen LogP contribution in [0.2, 0.25) is 0 Å². The van der Waals surface area contributed by atoms with Gasteiger partial charge in [0, 0.05) is 6.54 Å². The highest BCUT2D eigenvalue weighted by molar-refractivity contribution is 4.76. The lowest BCUT2D eigenvalue weighted by atomic mass is 9.85. The van der Waals surface area contributed by atoms with E-state index in [2.05, 4.69) is 20.8 Å². The molecule has 68 valence electrons. The summed E-state index contributed by atoms with van der Waals surface area (Å²) in [6.45, 7) is 8.64. The van der Waals surface area contributed by atoms with Crippen LogP contribution in [0.5, 0.6) is 0 Å². The Bertz CT molecular complexity index is 113. The summed E-state index contributed by atoms with van der Waals surface area (Å²) in [7, 11) is 0.